The second kappa shape index (κ2) is 2.55. The van der Waals surface area contributed by atoms with Crippen LogP contribution in [0.15, 0.2) is 23.1 Å². The average molecular weight is 176 g/mol. The van der Waals surface area contributed by atoms with Crippen LogP contribution in [-0.2, 0) is 0 Å². The van der Waals surface area contributed by atoms with Gasteiger partial charge in [0.25, 0.3) is 0 Å². The first-order valence-electron chi connectivity index (χ1n) is 3.79. The normalized spacial score (nSPS) is 10.5. The van der Waals surface area contributed by atoms with Gasteiger partial charge >= 0.3 is 5.69 Å². The molecular formula is C8H8N4O. The summed E-state index contributed by atoms with van der Waals surface area (Å²) in [5, 5.41) is 0. The average Bonchev–Trinajstić information content (AvgIpc) is 2.02. The highest BCUT2D eigenvalue weighted by atomic mass is 16.1. The number of nitrogen functional groups attached to an aromatic ring is 1. The highest BCUT2D eigenvalue weighted by Gasteiger charge is 1.99. The Kier molecular flexibility index (Phi) is 1.51. The van der Waals surface area contributed by atoms with Crippen molar-refractivity contribution < 1.29 is 0 Å². The Hall–Kier alpha value is -1.91. The summed E-state index contributed by atoms with van der Waals surface area (Å²) < 4.78 is 1.35. The Morgan fingerprint density at radius 2 is 2.23 bits per heavy atom. The lowest BCUT2D eigenvalue weighted by Gasteiger charge is -1.99. The number of rotatable bonds is 0. The molecule has 2 heterocycles. The van der Waals surface area contributed by atoms with Gasteiger partial charge in [0, 0.05) is 6.20 Å². The van der Waals surface area contributed by atoms with Gasteiger partial charge in [0.2, 0.25) is 5.95 Å². The molecule has 0 atom stereocenters. The van der Waals surface area contributed by atoms with E-state index in [1.807, 2.05) is 13.0 Å². The lowest BCUT2D eigenvalue weighted by Crippen LogP contribution is -2.19. The summed E-state index contributed by atoms with van der Waals surface area (Å²) in [6.45, 7) is 1.92. The van der Waals surface area contributed by atoms with Crippen molar-refractivity contribution in [1.29, 1.82) is 0 Å². The minimum Gasteiger partial charge on any atom is -0.368 e. The fraction of sp³-hybridized carbons (Fsp3) is 0.125. The van der Waals surface area contributed by atoms with Crippen molar-refractivity contribution in [3.05, 3.63) is 34.4 Å². The van der Waals surface area contributed by atoms with E-state index in [0.29, 0.717) is 5.65 Å². The zero-order valence-corrected chi connectivity index (χ0v) is 7.06. The molecule has 0 amide bonds. The van der Waals surface area contributed by atoms with E-state index in [1.54, 1.807) is 12.3 Å². The minimum atomic E-state index is -0.400. The van der Waals surface area contributed by atoms with Crippen molar-refractivity contribution in [2.75, 3.05) is 5.73 Å². The quantitative estimate of drug-likeness (QED) is 0.612. The summed E-state index contributed by atoms with van der Waals surface area (Å²) >= 11 is 0. The van der Waals surface area contributed by atoms with Gasteiger partial charge in [-0.15, -0.1) is 0 Å². The third kappa shape index (κ3) is 1.24. The van der Waals surface area contributed by atoms with Crippen LogP contribution in [0.4, 0.5) is 5.95 Å². The second-order valence-electron chi connectivity index (χ2n) is 2.80. The molecule has 0 spiro atoms. The van der Waals surface area contributed by atoms with Crippen LogP contribution in [0.25, 0.3) is 5.65 Å². The molecule has 0 bridgehead atoms. The van der Waals surface area contributed by atoms with E-state index >= 15 is 0 Å². The van der Waals surface area contributed by atoms with Gasteiger partial charge in [-0.05, 0) is 24.6 Å². The van der Waals surface area contributed by atoms with Crippen LogP contribution in [-0.4, -0.2) is 14.4 Å². The number of anilines is 1. The van der Waals surface area contributed by atoms with E-state index in [2.05, 4.69) is 9.97 Å². The van der Waals surface area contributed by atoms with E-state index in [1.165, 1.54) is 4.40 Å². The number of fused-ring (bicyclic) bond motifs is 1. The van der Waals surface area contributed by atoms with Gasteiger partial charge in [-0.25, -0.2) is 4.79 Å². The molecule has 0 saturated carbocycles. The van der Waals surface area contributed by atoms with Gasteiger partial charge in [-0.3, -0.25) is 4.40 Å². The summed E-state index contributed by atoms with van der Waals surface area (Å²) in [6, 6.07) is 3.59. The maximum Gasteiger partial charge on any atom is 0.356 e. The fourth-order valence-electron chi connectivity index (χ4n) is 1.13. The number of aromatic nitrogens is 3. The number of pyridine rings is 1. The monoisotopic (exact) mass is 176 g/mol. The van der Waals surface area contributed by atoms with E-state index in [4.69, 9.17) is 5.73 Å². The van der Waals surface area contributed by atoms with Gasteiger partial charge in [0.15, 0.2) is 0 Å². The number of hydrogen-bond acceptors (Lipinski definition) is 4. The predicted molar refractivity (Wildman–Crippen MR) is 48.4 cm³/mol. The topological polar surface area (TPSA) is 73.3 Å². The zero-order valence-electron chi connectivity index (χ0n) is 7.06. The van der Waals surface area contributed by atoms with Crippen LogP contribution in [0.5, 0.6) is 0 Å². The van der Waals surface area contributed by atoms with Crippen LogP contribution < -0.4 is 11.4 Å². The molecule has 66 valence electrons. The molecule has 0 fully saturated rings. The van der Waals surface area contributed by atoms with Crippen molar-refractivity contribution in [2.45, 2.75) is 6.92 Å². The molecule has 5 heteroatoms. The highest BCUT2D eigenvalue weighted by Crippen LogP contribution is 2.01. The highest BCUT2D eigenvalue weighted by molar-refractivity contribution is 5.42. The molecule has 2 aromatic rings. The molecular weight excluding hydrogens is 168 g/mol. The van der Waals surface area contributed by atoms with E-state index in [-0.39, 0.29) is 5.95 Å². The molecule has 2 rings (SSSR count). The first kappa shape index (κ1) is 7.72. The Labute approximate surface area is 73.9 Å². The minimum absolute atomic E-state index is 0.00981. The molecule has 5 nitrogen and oxygen atoms in total. The molecule has 0 aliphatic rings. The molecule has 0 aromatic carbocycles. The second-order valence-corrected chi connectivity index (χ2v) is 2.80. The molecule has 0 radical (unpaired) electrons. The third-order valence-corrected chi connectivity index (χ3v) is 1.74. The van der Waals surface area contributed by atoms with Gasteiger partial charge < -0.3 is 5.73 Å². The van der Waals surface area contributed by atoms with Crippen molar-refractivity contribution in [1.82, 2.24) is 14.4 Å². The number of nitrogens with two attached hydrogens (primary N) is 1. The summed E-state index contributed by atoms with van der Waals surface area (Å²) in [7, 11) is 0. The van der Waals surface area contributed by atoms with E-state index in [9.17, 15) is 4.79 Å². The summed E-state index contributed by atoms with van der Waals surface area (Å²) in [5.41, 5.74) is 6.49. The Morgan fingerprint density at radius 3 is 3.00 bits per heavy atom. The summed E-state index contributed by atoms with van der Waals surface area (Å²) in [6.07, 6.45) is 1.63. The molecule has 0 saturated heterocycles. The van der Waals surface area contributed by atoms with Crippen LogP contribution >= 0.6 is 0 Å². The van der Waals surface area contributed by atoms with Gasteiger partial charge in [-0.1, -0.05) is 0 Å². The van der Waals surface area contributed by atoms with E-state index < -0.39 is 5.69 Å². The number of nitrogens with zero attached hydrogens (tertiary/aromatic N) is 3. The first-order valence-corrected chi connectivity index (χ1v) is 3.79. The van der Waals surface area contributed by atoms with Crippen LogP contribution in [0.1, 0.15) is 5.56 Å². The molecule has 0 aliphatic carbocycles. The van der Waals surface area contributed by atoms with Crippen molar-refractivity contribution >= 4 is 11.6 Å². The molecule has 0 aliphatic heterocycles. The summed E-state index contributed by atoms with van der Waals surface area (Å²) in [4.78, 5) is 18.7. The molecule has 2 N–H and O–H groups in total. The predicted octanol–water partition coefficient (Wildman–Crippen LogP) is -0.0199. The maximum atomic E-state index is 11.2. The smallest absolute Gasteiger partial charge is 0.356 e. The third-order valence-electron chi connectivity index (χ3n) is 1.74. The Morgan fingerprint density at radius 1 is 1.46 bits per heavy atom. The maximum absolute atomic E-state index is 11.2. The van der Waals surface area contributed by atoms with E-state index in [0.717, 1.165) is 5.56 Å². The lowest BCUT2D eigenvalue weighted by atomic mass is 10.3. The van der Waals surface area contributed by atoms with Crippen molar-refractivity contribution in [3.63, 3.8) is 0 Å². The van der Waals surface area contributed by atoms with Gasteiger partial charge in [-0.2, -0.15) is 9.97 Å². The van der Waals surface area contributed by atoms with Gasteiger partial charge in [0.1, 0.15) is 5.65 Å². The molecule has 13 heavy (non-hydrogen) atoms. The van der Waals surface area contributed by atoms with Crippen LogP contribution in [0, 0.1) is 6.92 Å². The molecule has 2 aromatic heterocycles. The zero-order chi connectivity index (χ0) is 9.42. The number of aryl methyl sites for hydroxylation is 1. The standard InChI is InChI=1S/C8H8N4O/c1-5-2-3-12-6(4-5)10-7(9)11-8(12)13/h2-4H,1H3,(H2,9,11,13). The van der Waals surface area contributed by atoms with Crippen LogP contribution in [0.2, 0.25) is 0 Å². The SMILES string of the molecule is Cc1ccn2c(=O)nc(N)nc2c1. The summed E-state index contributed by atoms with van der Waals surface area (Å²) in [5.74, 6) is 0.00981. The molecule has 0 unspecified atom stereocenters. The number of hydrogen-bond donors (Lipinski definition) is 1. The fourth-order valence-corrected chi connectivity index (χ4v) is 1.13. The first-order chi connectivity index (χ1) is 6.16. The van der Waals surface area contributed by atoms with Crippen LogP contribution in [0.3, 0.4) is 0 Å². The van der Waals surface area contributed by atoms with Crippen molar-refractivity contribution in [3.8, 4) is 0 Å². The lowest BCUT2D eigenvalue weighted by molar-refractivity contribution is 0.948. The largest absolute Gasteiger partial charge is 0.368 e. The van der Waals surface area contributed by atoms with Gasteiger partial charge in [0.05, 0.1) is 0 Å². The van der Waals surface area contributed by atoms with Crippen molar-refractivity contribution in [2.24, 2.45) is 0 Å². The Bertz CT molecular complexity index is 512. The Balaban J connectivity index is 2.95.